The summed E-state index contributed by atoms with van der Waals surface area (Å²) >= 11 is 7.17. The number of benzene rings is 2. The van der Waals surface area contributed by atoms with E-state index in [0.717, 1.165) is 5.56 Å². The molecule has 7 atom stereocenters. The van der Waals surface area contributed by atoms with Crippen LogP contribution in [0.25, 0.3) is 27.4 Å². The molecule has 0 saturated carbocycles. The Morgan fingerprint density at radius 2 is 1.62 bits per heavy atom. The quantitative estimate of drug-likeness (QED) is 0.0419. The van der Waals surface area contributed by atoms with Gasteiger partial charge in [0.1, 0.15) is 47.9 Å². The van der Waals surface area contributed by atoms with Gasteiger partial charge in [-0.3, -0.25) is 14.4 Å². The fourth-order valence-electron chi connectivity index (χ4n) is 5.47. The molecule has 0 saturated heterocycles. The number of rotatable bonds is 20. The second kappa shape index (κ2) is 22.0. The predicted molar refractivity (Wildman–Crippen MR) is 224 cm³/mol. The molecule has 61 heavy (non-hydrogen) atoms. The smallest absolute Gasteiger partial charge is 0.331 e. The lowest BCUT2D eigenvalue weighted by Gasteiger charge is -2.25. The number of carbonyl (C=O) groups excluding carboxylic acids is 4. The minimum absolute atomic E-state index is 0.0447. The van der Waals surface area contributed by atoms with E-state index in [9.17, 15) is 34.7 Å². The zero-order chi connectivity index (χ0) is 45.0. The average molecular weight is 877 g/mol. The summed E-state index contributed by atoms with van der Waals surface area (Å²) in [5, 5.41) is 33.9. The number of nitrogens with one attached hydrogen (secondary N) is 1. The molecule has 4 rings (SSSR count). The number of hydrogen-bond donors (Lipinski definition) is 6. The maximum Gasteiger partial charge on any atom is 0.331 e. The van der Waals surface area contributed by atoms with E-state index in [4.69, 9.17) is 54.0 Å². The van der Waals surface area contributed by atoms with Crippen LogP contribution < -0.4 is 27.3 Å². The van der Waals surface area contributed by atoms with Crippen molar-refractivity contribution in [1.29, 1.82) is 5.26 Å². The van der Waals surface area contributed by atoms with Gasteiger partial charge in [-0.2, -0.15) is 5.26 Å². The lowest BCUT2D eigenvalue weighted by molar-refractivity contribution is -0.168. The normalized spacial score (nSPS) is 14.5. The molecule has 0 aliphatic rings. The highest BCUT2D eigenvalue weighted by Gasteiger charge is 2.33. The molecule has 4 aromatic rings. The number of nitrogen functional groups attached to an aromatic ring is 1. The molecule has 2 aromatic carbocycles. The molecule has 2 aromatic heterocycles. The van der Waals surface area contributed by atoms with Gasteiger partial charge in [-0.25, -0.2) is 19.6 Å². The molecule has 0 aliphatic heterocycles. The first kappa shape index (κ1) is 47.6. The number of nitrogens with zero attached hydrogens (tertiary/aromatic N) is 4. The van der Waals surface area contributed by atoms with Crippen molar-refractivity contribution in [2.24, 2.45) is 17.4 Å². The number of nitrogens with two attached hydrogens (primary N) is 3. The van der Waals surface area contributed by atoms with E-state index in [2.05, 4.69) is 26.2 Å². The van der Waals surface area contributed by atoms with Crippen molar-refractivity contribution < 1.29 is 48.0 Å². The van der Waals surface area contributed by atoms with E-state index in [0.29, 0.717) is 22.2 Å². The molecule has 18 nitrogen and oxygen atoms in total. The first-order valence-electron chi connectivity index (χ1n) is 18.7. The first-order chi connectivity index (χ1) is 28.9. The van der Waals surface area contributed by atoms with Gasteiger partial charge in [0.25, 0.3) is 0 Å². The number of aromatic nitrogens is 2. The highest BCUT2D eigenvalue weighted by atomic mass is 35.5. The Hall–Kier alpha value is -6.06. The molecule has 9 N–H and O–H groups in total. The Bertz CT molecular complexity index is 2270. The molecular formula is C41H45ClN8O10S. The van der Waals surface area contributed by atoms with E-state index >= 15 is 0 Å². The van der Waals surface area contributed by atoms with Crippen LogP contribution in [0.15, 0.2) is 64.2 Å². The molecule has 0 spiro atoms. The van der Waals surface area contributed by atoms with Crippen LogP contribution in [0.4, 0.5) is 11.5 Å². The number of oxazole rings is 1. The van der Waals surface area contributed by atoms with Crippen LogP contribution >= 0.6 is 23.4 Å². The number of thioether (sulfide) groups is 1. The zero-order valence-corrected chi connectivity index (χ0v) is 35.1. The number of carbonyl (C=O) groups is 4. The summed E-state index contributed by atoms with van der Waals surface area (Å²) in [5.41, 5.74) is 19.5. The number of hydrogen-bond acceptors (Lipinski definition) is 17. The second-order valence-corrected chi connectivity index (χ2v) is 15.3. The summed E-state index contributed by atoms with van der Waals surface area (Å²) in [5.74, 6) is -3.86. The Morgan fingerprint density at radius 1 is 0.967 bits per heavy atom. The maximum atomic E-state index is 13.2. The number of aliphatic hydroxyl groups excluding tert-OH is 2. The van der Waals surface area contributed by atoms with Gasteiger partial charge in [0.2, 0.25) is 17.5 Å². The van der Waals surface area contributed by atoms with Crippen LogP contribution in [0.1, 0.15) is 45.4 Å². The molecule has 0 radical (unpaired) electrons. The van der Waals surface area contributed by atoms with Gasteiger partial charge in [0.05, 0.1) is 48.0 Å². The molecule has 1 amide bonds. The van der Waals surface area contributed by atoms with Crippen molar-refractivity contribution in [3.05, 3.63) is 82.5 Å². The molecular weight excluding hydrogens is 832 g/mol. The number of ketones is 1. The minimum atomic E-state index is -1.56. The number of ether oxygens (including phenoxy) is 3. The highest BCUT2D eigenvalue weighted by molar-refractivity contribution is 7.98. The summed E-state index contributed by atoms with van der Waals surface area (Å²) in [4.78, 5) is 63.2. The largest absolute Gasteiger partial charge is 0.490 e. The van der Waals surface area contributed by atoms with Gasteiger partial charge in [-0.05, 0) is 69.7 Å². The topological polar surface area (TPSA) is 294 Å². The number of amides is 1. The first-order valence-corrected chi connectivity index (χ1v) is 20.0. The van der Waals surface area contributed by atoms with E-state index < -0.39 is 85.6 Å². The fourth-order valence-corrected chi connectivity index (χ4v) is 6.47. The number of anilines is 1. The van der Waals surface area contributed by atoms with Gasteiger partial charge in [0.15, 0.2) is 12.1 Å². The number of nitriles is 1. The van der Waals surface area contributed by atoms with Crippen LogP contribution in [0.3, 0.4) is 0 Å². The predicted octanol–water partition coefficient (Wildman–Crippen LogP) is 3.70. The number of halogens is 1. The van der Waals surface area contributed by atoms with Crippen molar-refractivity contribution in [3.63, 3.8) is 0 Å². The van der Waals surface area contributed by atoms with Crippen LogP contribution in [-0.2, 0) is 34.4 Å². The van der Waals surface area contributed by atoms with Crippen LogP contribution in [0.5, 0.6) is 5.75 Å². The van der Waals surface area contributed by atoms with Crippen molar-refractivity contribution in [2.45, 2.75) is 81.3 Å². The van der Waals surface area contributed by atoms with Gasteiger partial charge >= 0.3 is 11.9 Å². The Kier molecular flexibility index (Phi) is 17.2. The lowest BCUT2D eigenvalue weighted by atomic mass is 9.95. The van der Waals surface area contributed by atoms with Crippen molar-refractivity contribution in [3.8, 4) is 34.4 Å². The number of aliphatic hydroxyl groups is 2. The third-order valence-electron chi connectivity index (χ3n) is 8.92. The standard InChI is InChI=1S/C41H45ClN8O10S/c1-20(44)32(53)14-30(22(3)51)40(55)59-18-29(60-41(56)34(23(4)52)49-37(54)21(2)45)17-57-28-12-8-24(9-13-28)33-31(15-43)39(50-36(46)35(33)47-5)61-19-27-16-58-38(48-27)25-6-10-26(42)11-7-25/h6-13,16,20-23,29-30,34,51-52H,14,17-19,44-45H2,1-4H3,(H2,46,50)(H,49,54)/t20-,21-,22+,23+,29-,30-,34-/m0/s1. The molecule has 2 heterocycles. The summed E-state index contributed by atoms with van der Waals surface area (Å²) < 4.78 is 22.4. The zero-order valence-electron chi connectivity index (χ0n) is 33.5. The van der Waals surface area contributed by atoms with Crippen LogP contribution in [0, 0.1) is 23.8 Å². The van der Waals surface area contributed by atoms with Crippen molar-refractivity contribution in [2.75, 3.05) is 18.9 Å². The summed E-state index contributed by atoms with van der Waals surface area (Å²) in [6, 6.07) is 11.8. The lowest BCUT2D eigenvalue weighted by Crippen LogP contribution is -2.53. The molecule has 20 heteroatoms. The third-order valence-corrected chi connectivity index (χ3v) is 10.2. The van der Waals surface area contributed by atoms with E-state index in [1.54, 1.807) is 36.4 Å². The average Bonchev–Trinajstić information content (AvgIpc) is 3.70. The minimum Gasteiger partial charge on any atom is -0.490 e. The Labute approximate surface area is 360 Å². The maximum absolute atomic E-state index is 13.2. The summed E-state index contributed by atoms with van der Waals surface area (Å²) in [6.45, 7) is 12.1. The van der Waals surface area contributed by atoms with Crippen LogP contribution in [-0.4, -0.2) is 93.5 Å². The van der Waals surface area contributed by atoms with E-state index in [1.807, 2.05) is 0 Å². The third kappa shape index (κ3) is 13.0. The van der Waals surface area contributed by atoms with Gasteiger partial charge in [0, 0.05) is 28.3 Å². The second-order valence-electron chi connectivity index (χ2n) is 13.9. The Balaban J connectivity index is 1.55. The molecule has 0 unspecified atom stereocenters. The molecule has 0 fully saturated rings. The van der Waals surface area contributed by atoms with E-state index in [1.165, 1.54) is 57.9 Å². The van der Waals surface area contributed by atoms with Crippen LogP contribution in [0.2, 0.25) is 5.02 Å². The van der Waals surface area contributed by atoms with Crippen molar-refractivity contribution in [1.82, 2.24) is 15.3 Å². The SMILES string of the molecule is [C-]#[N+]c1c(N)nc(SCc2coc(-c3ccc(Cl)cc3)n2)c(C#N)c1-c1ccc(OC[C@@H](COC(=O)[C@@H](CC(=O)[C@H](C)N)[C@@H](C)O)OC(=O)[C@@H](NC(=O)[C@H](C)N)[C@@H](C)O)cc1. The fraction of sp³-hybridized carbons (Fsp3) is 0.366. The highest BCUT2D eigenvalue weighted by Crippen LogP contribution is 2.42. The van der Waals surface area contributed by atoms with E-state index in [-0.39, 0.29) is 39.2 Å². The number of esters is 2. The van der Waals surface area contributed by atoms with Gasteiger partial charge in [-0.15, -0.1) is 0 Å². The number of Topliss-reactive ketones (excluding diaryl/α,β-unsaturated/α-hetero) is 1. The Morgan fingerprint density at radius 3 is 2.20 bits per heavy atom. The molecule has 0 bridgehead atoms. The summed E-state index contributed by atoms with van der Waals surface area (Å²) in [6.07, 6.45) is -3.00. The molecule has 0 aliphatic carbocycles. The van der Waals surface area contributed by atoms with Crippen molar-refractivity contribution >= 4 is 58.5 Å². The monoisotopic (exact) mass is 876 g/mol. The molecule has 322 valence electrons. The number of pyridine rings is 1. The van der Waals surface area contributed by atoms with Gasteiger partial charge < -0.3 is 51.4 Å². The summed E-state index contributed by atoms with van der Waals surface area (Å²) in [7, 11) is 0. The van der Waals surface area contributed by atoms with Gasteiger partial charge in [-0.1, -0.05) is 35.5 Å².